The Morgan fingerprint density at radius 2 is 1.42 bits per heavy atom. The highest BCUT2D eigenvalue weighted by Crippen LogP contribution is 2.40. The molecule has 0 spiro atoms. The predicted molar refractivity (Wildman–Crippen MR) is 98.6 cm³/mol. The maximum absolute atomic E-state index is 14.5. The largest absolute Gasteiger partial charge is 0.289 e. The Morgan fingerprint density at radius 1 is 0.769 bits per heavy atom. The summed E-state index contributed by atoms with van der Waals surface area (Å²) in [6.07, 6.45) is 3.48. The number of allylic oxidation sites excluding steroid dienone is 2. The van der Waals surface area contributed by atoms with Crippen molar-refractivity contribution in [3.05, 3.63) is 118 Å². The molecular weight excluding hydrogens is 330 g/mol. The van der Waals surface area contributed by atoms with Gasteiger partial charge >= 0.3 is 0 Å². The summed E-state index contributed by atoms with van der Waals surface area (Å²) < 4.78 is 28.2. The van der Waals surface area contributed by atoms with E-state index in [4.69, 9.17) is 0 Å². The number of fused-ring (bicyclic) bond motifs is 1. The van der Waals surface area contributed by atoms with E-state index >= 15 is 0 Å². The van der Waals surface area contributed by atoms with Crippen LogP contribution in [-0.4, -0.2) is 5.78 Å². The van der Waals surface area contributed by atoms with Crippen LogP contribution in [0.5, 0.6) is 0 Å². The standard InChI is InChI=1S/C23H14F2O/c24-17-13-19-22(20(25)14-17)21(16-9-5-2-6-10-16)18(23(19)26)12-11-15-7-3-1-4-8-15/h1-14H/b12-11+. The second-order valence-electron chi connectivity index (χ2n) is 6.04. The summed E-state index contributed by atoms with van der Waals surface area (Å²) >= 11 is 0. The van der Waals surface area contributed by atoms with E-state index in [1.54, 1.807) is 12.2 Å². The lowest BCUT2D eigenvalue weighted by atomic mass is 9.96. The van der Waals surface area contributed by atoms with Crippen LogP contribution in [0.3, 0.4) is 0 Å². The fraction of sp³-hybridized carbons (Fsp3) is 0. The lowest BCUT2D eigenvalue weighted by Crippen LogP contribution is -1.99. The van der Waals surface area contributed by atoms with Gasteiger partial charge in [0.05, 0.1) is 0 Å². The number of hydrogen-bond donors (Lipinski definition) is 0. The van der Waals surface area contributed by atoms with Crippen molar-refractivity contribution >= 4 is 17.4 Å². The van der Waals surface area contributed by atoms with Gasteiger partial charge in [0.1, 0.15) is 11.6 Å². The SMILES string of the molecule is O=C1C(/C=C/c2ccccc2)=C(c2ccccc2)c2c(F)cc(F)cc21. The quantitative estimate of drug-likeness (QED) is 0.598. The first-order chi connectivity index (χ1) is 12.6. The van der Waals surface area contributed by atoms with Crippen LogP contribution in [-0.2, 0) is 0 Å². The van der Waals surface area contributed by atoms with Crippen molar-refractivity contribution in [3.63, 3.8) is 0 Å². The normalized spacial score (nSPS) is 13.5. The van der Waals surface area contributed by atoms with Gasteiger partial charge in [0, 0.05) is 28.3 Å². The zero-order valence-corrected chi connectivity index (χ0v) is 13.7. The molecule has 0 radical (unpaired) electrons. The number of Topliss-reactive ketones (excluding diaryl/α,β-unsaturated/α-hetero) is 1. The molecule has 4 rings (SSSR count). The topological polar surface area (TPSA) is 17.1 Å². The van der Waals surface area contributed by atoms with Crippen molar-refractivity contribution in [2.24, 2.45) is 0 Å². The summed E-state index contributed by atoms with van der Waals surface area (Å²) in [5, 5.41) is 0. The lowest BCUT2D eigenvalue weighted by molar-refractivity contribution is 0.104. The molecule has 0 fully saturated rings. The number of hydrogen-bond acceptors (Lipinski definition) is 1. The number of rotatable bonds is 3. The molecule has 0 bridgehead atoms. The third-order valence-electron chi connectivity index (χ3n) is 4.37. The van der Waals surface area contributed by atoms with E-state index in [-0.39, 0.29) is 16.9 Å². The molecule has 1 aliphatic rings. The maximum atomic E-state index is 14.5. The Balaban J connectivity index is 1.93. The van der Waals surface area contributed by atoms with Gasteiger partial charge in [0.15, 0.2) is 5.78 Å². The minimum Gasteiger partial charge on any atom is -0.289 e. The second-order valence-corrected chi connectivity index (χ2v) is 6.04. The molecule has 0 aliphatic heterocycles. The summed E-state index contributed by atoms with van der Waals surface area (Å²) in [7, 11) is 0. The van der Waals surface area contributed by atoms with E-state index in [0.717, 1.165) is 23.3 Å². The van der Waals surface area contributed by atoms with Crippen molar-refractivity contribution in [2.75, 3.05) is 0 Å². The summed E-state index contributed by atoms with van der Waals surface area (Å²) in [5.41, 5.74) is 2.72. The van der Waals surface area contributed by atoms with Gasteiger partial charge in [-0.25, -0.2) is 8.78 Å². The van der Waals surface area contributed by atoms with Gasteiger partial charge < -0.3 is 0 Å². The summed E-state index contributed by atoms with van der Waals surface area (Å²) in [6, 6.07) is 20.6. The number of carbonyl (C=O) groups is 1. The first kappa shape index (κ1) is 16.2. The molecule has 0 aromatic heterocycles. The summed E-state index contributed by atoms with van der Waals surface area (Å²) in [5.74, 6) is -1.85. The number of benzene rings is 3. The van der Waals surface area contributed by atoms with Crippen LogP contribution in [0, 0.1) is 11.6 Å². The van der Waals surface area contributed by atoms with Gasteiger partial charge in [-0.15, -0.1) is 0 Å². The van der Waals surface area contributed by atoms with E-state index in [1.807, 2.05) is 60.7 Å². The molecule has 1 nitrogen and oxygen atoms in total. The van der Waals surface area contributed by atoms with Crippen molar-refractivity contribution in [1.29, 1.82) is 0 Å². The summed E-state index contributed by atoms with van der Waals surface area (Å²) in [6.45, 7) is 0. The molecule has 0 saturated heterocycles. The monoisotopic (exact) mass is 344 g/mol. The van der Waals surface area contributed by atoms with Crippen molar-refractivity contribution in [3.8, 4) is 0 Å². The second kappa shape index (κ2) is 6.52. The molecule has 26 heavy (non-hydrogen) atoms. The third kappa shape index (κ3) is 2.78. The molecular formula is C23H14F2O. The molecule has 3 aromatic carbocycles. The molecule has 3 heteroatoms. The molecule has 0 atom stereocenters. The van der Waals surface area contributed by atoms with E-state index in [9.17, 15) is 13.6 Å². The van der Waals surface area contributed by atoms with Gasteiger partial charge in [-0.05, 0) is 23.3 Å². The minimum atomic E-state index is -0.754. The molecule has 0 unspecified atom stereocenters. The smallest absolute Gasteiger partial charge is 0.194 e. The van der Waals surface area contributed by atoms with Crippen molar-refractivity contribution < 1.29 is 13.6 Å². The third-order valence-corrected chi connectivity index (χ3v) is 4.37. The molecule has 0 amide bonds. The number of halogens is 2. The molecule has 0 saturated carbocycles. The first-order valence-electron chi connectivity index (χ1n) is 8.22. The number of carbonyl (C=O) groups excluding carboxylic acids is 1. The molecule has 0 N–H and O–H groups in total. The van der Waals surface area contributed by atoms with E-state index < -0.39 is 11.6 Å². The average Bonchev–Trinajstić information content (AvgIpc) is 2.94. The van der Waals surface area contributed by atoms with Crippen LogP contribution in [0.15, 0.2) is 84.4 Å². The predicted octanol–water partition coefficient (Wildman–Crippen LogP) is 5.68. The molecule has 1 aliphatic carbocycles. The Kier molecular flexibility index (Phi) is 4.05. The Hall–Kier alpha value is -3.33. The highest BCUT2D eigenvalue weighted by Gasteiger charge is 2.32. The van der Waals surface area contributed by atoms with Crippen LogP contribution >= 0.6 is 0 Å². The van der Waals surface area contributed by atoms with E-state index in [0.29, 0.717) is 11.1 Å². The number of ketones is 1. The van der Waals surface area contributed by atoms with Crippen LogP contribution < -0.4 is 0 Å². The van der Waals surface area contributed by atoms with Crippen molar-refractivity contribution in [2.45, 2.75) is 0 Å². The van der Waals surface area contributed by atoms with Crippen molar-refractivity contribution in [1.82, 2.24) is 0 Å². The maximum Gasteiger partial charge on any atom is 0.194 e. The fourth-order valence-electron chi connectivity index (χ4n) is 3.21. The Labute approximate surface area is 149 Å². The van der Waals surface area contributed by atoms with Gasteiger partial charge in [0.2, 0.25) is 0 Å². The zero-order valence-electron chi connectivity index (χ0n) is 13.7. The minimum absolute atomic E-state index is 0.0639. The van der Waals surface area contributed by atoms with E-state index in [2.05, 4.69) is 0 Å². The van der Waals surface area contributed by atoms with Crippen LogP contribution in [0.25, 0.3) is 11.6 Å². The lowest BCUT2D eigenvalue weighted by Gasteiger charge is -2.07. The van der Waals surface area contributed by atoms with Crippen LogP contribution in [0.2, 0.25) is 0 Å². The Morgan fingerprint density at radius 3 is 2.12 bits per heavy atom. The van der Waals surface area contributed by atoms with Crippen LogP contribution in [0.1, 0.15) is 27.0 Å². The highest BCUT2D eigenvalue weighted by molar-refractivity contribution is 6.24. The van der Waals surface area contributed by atoms with Gasteiger partial charge in [-0.3, -0.25) is 4.79 Å². The molecule has 126 valence electrons. The Bertz CT molecular complexity index is 1050. The van der Waals surface area contributed by atoms with Crippen LogP contribution in [0.4, 0.5) is 8.78 Å². The zero-order chi connectivity index (χ0) is 18.1. The average molecular weight is 344 g/mol. The highest BCUT2D eigenvalue weighted by atomic mass is 19.1. The summed E-state index contributed by atoms with van der Waals surface area (Å²) in [4.78, 5) is 12.9. The van der Waals surface area contributed by atoms with E-state index in [1.165, 1.54) is 0 Å². The fourth-order valence-corrected chi connectivity index (χ4v) is 3.21. The van der Waals surface area contributed by atoms with Gasteiger partial charge in [-0.1, -0.05) is 66.7 Å². The molecule has 3 aromatic rings. The molecule has 0 heterocycles. The first-order valence-corrected chi connectivity index (χ1v) is 8.22. The van der Waals surface area contributed by atoms with Gasteiger partial charge in [-0.2, -0.15) is 0 Å². The van der Waals surface area contributed by atoms with Gasteiger partial charge in [0.25, 0.3) is 0 Å².